The predicted molar refractivity (Wildman–Crippen MR) is 47.5 cm³/mol. The van der Waals surface area contributed by atoms with Gasteiger partial charge in [0.2, 0.25) is 0 Å². The Morgan fingerprint density at radius 1 is 1.75 bits per heavy atom. The lowest BCUT2D eigenvalue weighted by Gasteiger charge is -1.97. The molecule has 1 aromatic rings. The van der Waals surface area contributed by atoms with Crippen molar-refractivity contribution in [3.05, 3.63) is 22.6 Å². The van der Waals surface area contributed by atoms with Crippen molar-refractivity contribution in [2.45, 2.75) is 5.16 Å². The third-order valence-corrected chi connectivity index (χ3v) is 2.03. The third-order valence-electron chi connectivity index (χ3n) is 1.17. The topological polar surface area (TPSA) is 55.0 Å². The van der Waals surface area contributed by atoms with Crippen LogP contribution < -0.4 is 5.56 Å². The van der Waals surface area contributed by atoms with Gasteiger partial charge in [0, 0.05) is 25.1 Å². The van der Waals surface area contributed by atoms with Crippen LogP contribution in [0.4, 0.5) is 0 Å². The summed E-state index contributed by atoms with van der Waals surface area (Å²) in [5, 5.41) is 0.638. The molecule has 1 rings (SSSR count). The number of hydrogen-bond donors (Lipinski definition) is 1. The molecule has 0 unspecified atom stereocenters. The van der Waals surface area contributed by atoms with Gasteiger partial charge in [0.25, 0.3) is 5.56 Å². The summed E-state index contributed by atoms with van der Waals surface area (Å²) in [6.45, 7) is 0.656. The largest absolute Gasteiger partial charge is 0.384 e. The molecule has 0 atom stereocenters. The van der Waals surface area contributed by atoms with Gasteiger partial charge in [0.1, 0.15) is 0 Å². The molecule has 0 saturated carbocycles. The Balaban J connectivity index is 2.47. The van der Waals surface area contributed by atoms with E-state index in [2.05, 4.69) is 9.97 Å². The minimum Gasteiger partial charge on any atom is -0.384 e. The summed E-state index contributed by atoms with van der Waals surface area (Å²) in [6, 6.07) is 1.39. The van der Waals surface area contributed by atoms with E-state index in [1.165, 1.54) is 24.0 Å². The molecule has 0 aromatic carbocycles. The SMILES string of the molecule is COCCSc1nccc(=O)[nH]1. The van der Waals surface area contributed by atoms with Gasteiger partial charge >= 0.3 is 0 Å². The molecule has 0 saturated heterocycles. The summed E-state index contributed by atoms with van der Waals surface area (Å²) in [7, 11) is 1.64. The molecule has 0 bridgehead atoms. The minimum atomic E-state index is -0.120. The van der Waals surface area contributed by atoms with Crippen LogP contribution in [-0.2, 0) is 4.74 Å². The molecule has 12 heavy (non-hydrogen) atoms. The Bertz CT molecular complexity index is 287. The number of nitrogens with zero attached hydrogens (tertiary/aromatic N) is 1. The molecule has 0 aliphatic heterocycles. The average Bonchev–Trinajstić information content (AvgIpc) is 2.05. The Hall–Kier alpha value is -0.810. The molecule has 0 amide bonds. The molecular formula is C7H10N2O2S. The number of methoxy groups -OCH3 is 1. The first kappa shape index (κ1) is 9.28. The zero-order valence-electron chi connectivity index (χ0n) is 6.74. The zero-order chi connectivity index (χ0) is 8.81. The Labute approximate surface area is 74.4 Å². The second kappa shape index (κ2) is 4.95. The highest BCUT2D eigenvalue weighted by Gasteiger charge is 1.94. The summed E-state index contributed by atoms with van der Waals surface area (Å²) in [5.41, 5.74) is -0.120. The molecule has 0 aliphatic carbocycles. The Morgan fingerprint density at radius 3 is 3.25 bits per heavy atom. The second-order valence-electron chi connectivity index (χ2n) is 2.08. The highest BCUT2D eigenvalue weighted by Crippen LogP contribution is 2.08. The van der Waals surface area contributed by atoms with Crippen molar-refractivity contribution in [3.8, 4) is 0 Å². The van der Waals surface area contributed by atoms with E-state index >= 15 is 0 Å². The Morgan fingerprint density at radius 2 is 2.58 bits per heavy atom. The smallest absolute Gasteiger partial charge is 0.251 e. The van der Waals surface area contributed by atoms with Gasteiger partial charge in [-0.15, -0.1) is 0 Å². The highest BCUT2D eigenvalue weighted by molar-refractivity contribution is 7.99. The zero-order valence-corrected chi connectivity index (χ0v) is 7.56. The monoisotopic (exact) mass is 186 g/mol. The van der Waals surface area contributed by atoms with E-state index < -0.39 is 0 Å². The van der Waals surface area contributed by atoms with Crippen molar-refractivity contribution in [2.24, 2.45) is 0 Å². The summed E-state index contributed by atoms with van der Waals surface area (Å²) < 4.78 is 4.85. The number of ether oxygens (including phenoxy) is 1. The highest BCUT2D eigenvalue weighted by atomic mass is 32.2. The minimum absolute atomic E-state index is 0.120. The molecule has 1 heterocycles. The van der Waals surface area contributed by atoms with E-state index in [9.17, 15) is 4.79 Å². The van der Waals surface area contributed by atoms with Crippen molar-refractivity contribution in [1.82, 2.24) is 9.97 Å². The van der Waals surface area contributed by atoms with Crippen LogP contribution in [0.5, 0.6) is 0 Å². The van der Waals surface area contributed by atoms with Crippen LogP contribution in [0.1, 0.15) is 0 Å². The summed E-state index contributed by atoms with van der Waals surface area (Å²) in [4.78, 5) is 17.4. The van der Waals surface area contributed by atoms with Gasteiger partial charge in [-0.1, -0.05) is 11.8 Å². The third kappa shape index (κ3) is 3.06. The van der Waals surface area contributed by atoms with E-state index in [1.54, 1.807) is 7.11 Å². The molecular weight excluding hydrogens is 176 g/mol. The van der Waals surface area contributed by atoms with Crippen LogP contribution in [0.15, 0.2) is 22.2 Å². The fourth-order valence-electron chi connectivity index (χ4n) is 0.647. The lowest BCUT2D eigenvalue weighted by Crippen LogP contribution is -2.06. The van der Waals surface area contributed by atoms with Gasteiger partial charge in [-0.05, 0) is 0 Å². The van der Waals surface area contributed by atoms with Crippen molar-refractivity contribution < 1.29 is 4.74 Å². The van der Waals surface area contributed by atoms with E-state index in [0.29, 0.717) is 11.8 Å². The van der Waals surface area contributed by atoms with Crippen molar-refractivity contribution in [1.29, 1.82) is 0 Å². The van der Waals surface area contributed by atoms with Crippen LogP contribution in [0.3, 0.4) is 0 Å². The van der Waals surface area contributed by atoms with Crippen molar-refractivity contribution >= 4 is 11.8 Å². The molecule has 0 radical (unpaired) electrons. The van der Waals surface area contributed by atoms with Crippen LogP contribution in [-0.4, -0.2) is 29.4 Å². The number of aromatic amines is 1. The number of H-pyrrole nitrogens is 1. The lowest BCUT2D eigenvalue weighted by molar-refractivity contribution is 0.218. The number of hydrogen-bond acceptors (Lipinski definition) is 4. The summed E-state index contributed by atoms with van der Waals surface area (Å²) in [5.74, 6) is 0.795. The summed E-state index contributed by atoms with van der Waals surface area (Å²) >= 11 is 1.47. The molecule has 1 aromatic heterocycles. The fraction of sp³-hybridized carbons (Fsp3) is 0.429. The molecule has 0 spiro atoms. The van der Waals surface area contributed by atoms with E-state index in [-0.39, 0.29) is 5.56 Å². The first-order chi connectivity index (χ1) is 5.83. The number of thioether (sulfide) groups is 1. The van der Waals surface area contributed by atoms with Crippen LogP contribution in [0.25, 0.3) is 0 Å². The van der Waals surface area contributed by atoms with Gasteiger partial charge in [-0.3, -0.25) is 4.79 Å². The van der Waals surface area contributed by atoms with Gasteiger partial charge in [0.15, 0.2) is 5.16 Å². The van der Waals surface area contributed by atoms with Crippen molar-refractivity contribution in [3.63, 3.8) is 0 Å². The van der Waals surface area contributed by atoms with Crippen LogP contribution >= 0.6 is 11.8 Å². The standard InChI is InChI=1S/C7H10N2O2S/c1-11-4-5-12-7-8-3-2-6(10)9-7/h2-3H,4-5H2,1H3,(H,8,9,10). The van der Waals surface area contributed by atoms with Gasteiger partial charge < -0.3 is 9.72 Å². The second-order valence-corrected chi connectivity index (χ2v) is 3.16. The maximum absolute atomic E-state index is 10.8. The number of nitrogens with one attached hydrogen (secondary N) is 1. The maximum Gasteiger partial charge on any atom is 0.251 e. The first-order valence-electron chi connectivity index (χ1n) is 3.50. The predicted octanol–water partition coefficient (Wildman–Crippen LogP) is 0.508. The summed E-state index contributed by atoms with van der Waals surface area (Å²) in [6.07, 6.45) is 1.49. The van der Waals surface area contributed by atoms with Gasteiger partial charge in [-0.2, -0.15) is 0 Å². The molecule has 5 heteroatoms. The fourth-order valence-corrected chi connectivity index (χ4v) is 1.40. The van der Waals surface area contributed by atoms with E-state index in [0.717, 1.165) is 5.75 Å². The average molecular weight is 186 g/mol. The first-order valence-corrected chi connectivity index (χ1v) is 4.48. The van der Waals surface area contributed by atoms with E-state index in [1.807, 2.05) is 0 Å². The number of aromatic nitrogens is 2. The quantitative estimate of drug-likeness (QED) is 0.423. The molecule has 66 valence electrons. The van der Waals surface area contributed by atoms with Crippen LogP contribution in [0.2, 0.25) is 0 Å². The molecule has 4 nitrogen and oxygen atoms in total. The Kier molecular flexibility index (Phi) is 3.83. The van der Waals surface area contributed by atoms with E-state index in [4.69, 9.17) is 4.74 Å². The maximum atomic E-state index is 10.8. The molecule has 0 aliphatic rings. The van der Waals surface area contributed by atoms with Crippen molar-refractivity contribution in [2.75, 3.05) is 19.5 Å². The number of rotatable bonds is 4. The van der Waals surface area contributed by atoms with Gasteiger partial charge in [0.05, 0.1) is 6.61 Å². The van der Waals surface area contributed by atoms with Gasteiger partial charge in [-0.25, -0.2) is 4.98 Å². The normalized spacial score (nSPS) is 10.1. The molecule has 1 N–H and O–H groups in total. The van der Waals surface area contributed by atoms with Crippen LogP contribution in [0, 0.1) is 0 Å². The molecule has 0 fully saturated rings. The lowest BCUT2D eigenvalue weighted by atomic mass is 10.7.